The molecule has 1 aromatic rings. The first-order valence-electron chi connectivity index (χ1n) is 9.47. The zero-order valence-electron chi connectivity index (χ0n) is 15.7. The molecule has 25 heavy (non-hydrogen) atoms. The number of hydrogen-bond acceptors (Lipinski definition) is 3. The number of aliphatic hydroxyl groups is 1. The summed E-state index contributed by atoms with van der Waals surface area (Å²) in [5.74, 6) is 0.798. The number of benzene rings is 1. The van der Waals surface area contributed by atoms with Crippen molar-refractivity contribution in [1.82, 2.24) is 15.5 Å². The number of aliphatic hydroxyl groups excluding tert-OH is 1. The molecule has 0 aromatic heterocycles. The van der Waals surface area contributed by atoms with Crippen LogP contribution < -0.4 is 10.6 Å². The van der Waals surface area contributed by atoms with Crippen molar-refractivity contribution in [3.63, 3.8) is 0 Å². The number of amides is 2. The zero-order chi connectivity index (χ0) is 18.2. The van der Waals surface area contributed by atoms with Crippen LogP contribution in [-0.2, 0) is 6.54 Å². The molecular formula is C20H33N3O2. The second kappa shape index (κ2) is 9.78. The van der Waals surface area contributed by atoms with E-state index < -0.39 is 0 Å². The lowest BCUT2D eigenvalue weighted by Crippen LogP contribution is -2.57. The molecular weight excluding hydrogens is 314 g/mol. The van der Waals surface area contributed by atoms with Crippen molar-refractivity contribution < 1.29 is 9.90 Å². The van der Waals surface area contributed by atoms with Crippen molar-refractivity contribution in [3.8, 4) is 0 Å². The van der Waals surface area contributed by atoms with Gasteiger partial charge in [-0.2, -0.15) is 0 Å². The quantitative estimate of drug-likeness (QED) is 0.710. The number of rotatable bonds is 7. The van der Waals surface area contributed by atoms with E-state index in [-0.39, 0.29) is 24.7 Å². The van der Waals surface area contributed by atoms with E-state index >= 15 is 0 Å². The Morgan fingerprint density at radius 1 is 1.24 bits per heavy atom. The molecule has 5 nitrogen and oxygen atoms in total. The molecule has 140 valence electrons. The molecule has 2 amide bonds. The van der Waals surface area contributed by atoms with Gasteiger partial charge in [0.1, 0.15) is 0 Å². The maximum Gasteiger partial charge on any atom is 0.315 e. The Morgan fingerprint density at radius 2 is 1.88 bits per heavy atom. The summed E-state index contributed by atoms with van der Waals surface area (Å²) in [6.07, 6.45) is 1.43. The van der Waals surface area contributed by atoms with Crippen LogP contribution in [0.3, 0.4) is 0 Å². The van der Waals surface area contributed by atoms with Gasteiger partial charge in [-0.1, -0.05) is 51.1 Å². The van der Waals surface area contributed by atoms with Crippen LogP contribution in [0.1, 0.15) is 39.2 Å². The van der Waals surface area contributed by atoms with Crippen molar-refractivity contribution >= 4 is 6.03 Å². The number of hydrogen-bond donors (Lipinski definition) is 3. The monoisotopic (exact) mass is 347 g/mol. The van der Waals surface area contributed by atoms with E-state index in [0.717, 1.165) is 26.1 Å². The van der Waals surface area contributed by atoms with Gasteiger partial charge >= 0.3 is 6.03 Å². The summed E-state index contributed by atoms with van der Waals surface area (Å²) in [7, 11) is 0. The Balaban J connectivity index is 1.86. The molecule has 1 saturated heterocycles. The minimum absolute atomic E-state index is 0.0359. The lowest BCUT2D eigenvalue weighted by atomic mass is 9.85. The summed E-state index contributed by atoms with van der Waals surface area (Å²) in [6, 6.07) is 10.6. The van der Waals surface area contributed by atoms with Gasteiger partial charge in [-0.15, -0.1) is 0 Å². The second-order valence-electron chi connectivity index (χ2n) is 7.40. The van der Waals surface area contributed by atoms with E-state index in [9.17, 15) is 4.79 Å². The molecule has 3 unspecified atom stereocenters. The van der Waals surface area contributed by atoms with E-state index in [1.807, 2.05) is 13.0 Å². The number of likely N-dealkylation sites (tertiary alicyclic amines) is 1. The number of carbonyl (C=O) groups excluding carboxylic acids is 1. The van der Waals surface area contributed by atoms with Crippen LogP contribution in [0.15, 0.2) is 30.3 Å². The van der Waals surface area contributed by atoms with Crippen LogP contribution in [0.25, 0.3) is 0 Å². The number of urea groups is 1. The third kappa shape index (κ3) is 6.01. The van der Waals surface area contributed by atoms with Crippen LogP contribution in [0.2, 0.25) is 0 Å². The van der Waals surface area contributed by atoms with Gasteiger partial charge in [-0.25, -0.2) is 4.79 Å². The maximum atomic E-state index is 12.3. The fraction of sp³-hybridized carbons (Fsp3) is 0.650. The maximum absolute atomic E-state index is 12.3. The Bertz CT molecular complexity index is 511. The molecule has 0 radical (unpaired) electrons. The van der Waals surface area contributed by atoms with E-state index in [1.165, 1.54) is 5.56 Å². The summed E-state index contributed by atoms with van der Waals surface area (Å²) in [5.41, 5.74) is 1.33. The van der Waals surface area contributed by atoms with Crippen LogP contribution in [0.5, 0.6) is 0 Å². The van der Waals surface area contributed by atoms with Gasteiger partial charge < -0.3 is 15.7 Å². The molecule has 0 aliphatic carbocycles. The molecule has 1 fully saturated rings. The fourth-order valence-electron chi connectivity index (χ4n) is 3.84. The molecule has 2 rings (SSSR count). The lowest BCUT2D eigenvalue weighted by molar-refractivity contribution is 0.0977. The second-order valence-corrected chi connectivity index (χ2v) is 7.40. The van der Waals surface area contributed by atoms with Crippen molar-refractivity contribution in [1.29, 1.82) is 0 Å². The standard InChI is InChI=1S/C20H33N3O2/c1-4-18(10-11-24)21-20(25)22-19-15(2)12-23(13-16(19)3)14-17-8-6-5-7-9-17/h5-9,15-16,18-19,24H,4,10-14H2,1-3H3,(H2,21,22,25). The van der Waals surface area contributed by atoms with Gasteiger partial charge in [0, 0.05) is 38.3 Å². The minimum atomic E-state index is -0.111. The summed E-state index contributed by atoms with van der Waals surface area (Å²) in [6.45, 7) is 9.48. The van der Waals surface area contributed by atoms with Crippen molar-refractivity contribution in [2.75, 3.05) is 19.7 Å². The van der Waals surface area contributed by atoms with Crippen LogP contribution in [0.4, 0.5) is 4.79 Å². The minimum Gasteiger partial charge on any atom is -0.396 e. The predicted molar refractivity (Wildman–Crippen MR) is 101 cm³/mol. The highest BCUT2D eigenvalue weighted by Crippen LogP contribution is 2.23. The highest BCUT2D eigenvalue weighted by atomic mass is 16.3. The molecule has 5 heteroatoms. The van der Waals surface area contributed by atoms with Gasteiger partial charge in [0.05, 0.1) is 0 Å². The molecule has 0 bridgehead atoms. The molecule has 3 N–H and O–H groups in total. The molecule has 1 aliphatic heterocycles. The van der Waals surface area contributed by atoms with Crippen molar-refractivity contribution in [2.45, 2.75) is 52.2 Å². The Hall–Kier alpha value is -1.59. The first-order chi connectivity index (χ1) is 12.0. The lowest BCUT2D eigenvalue weighted by Gasteiger charge is -2.42. The van der Waals surface area contributed by atoms with Gasteiger partial charge in [0.15, 0.2) is 0 Å². The summed E-state index contributed by atoms with van der Waals surface area (Å²) in [4.78, 5) is 14.8. The average Bonchev–Trinajstić information content (AvgIpc) is 2.58. The summed E-state index contributed by atoms with van der Waals surface area (Å²) < 4.78 is 0. The van der Waals surface area contributed by atoms with E-state index in [0.29, 0.717) is 18.3 Å². The van der Waals surface area contributed by atoms with Crippen molar-refractivity contribution in [3.05, 3.63) is 35.9 Å². The Labute approximate surface area is 151 Å². The predicted octanol–water partition coefficient (Wildman–Crippen LogP) is 2.60. The first-order valence-corrected chi connectivity index (χ1v) is 9.47. The zero-order valence-corrected chi connectivity index (χ0v) is 15.7. The molecule has 3 atom stereocenters. The van der Waals surface area contributed by atoms with Gasteiger partial charge in [-0.3, -0.25) is 4.90 Å². The third-order valence-electron chi connectivity index (χ3n) is 5.17. The molecule has 0 spiro atoms. The molecule has 0 saturated carbocycles. The normalized spacial score (nSPS) is 25.4. The van der Waals surface area contributed by atoms with Crippen LogP contribution >= 0.6 is 0 Å². The summed E-state index contributed by atoms with van der Waals surface area (Å²) in [5, 5.41) is 15.2. The van der Waals surface area contributed by atoms with Crippen molar-refractivity contribution in [2.24, 2.45) is 11.8 Å². The number of nitrogens with one attached hydrogen (secondary N) is 2. The number of piperidine rings is 1. The number of carbonyl (C=O) groups is 1. The van der Waals surface area contributed by atoms with Gasteiger partial charge in [-0.05, 0) is 30.2 Å². The highest BCUT2D eigenvalue weighted by Gasteiger charge is 2.33. The van der Waals surface area contributed by atoms with E-state index in [2.05, 4.69) is 53.6 Å². The Morgan fingerprint density at radius 3 is 2.44 bits per heavy atom. The first kappa shape index (κ1) is 19.7. The van der Waals surface area contributed by atoms with E-state index in [1.54, 1.807) is 0 Å². The average molecular weight is 348 g/mol. The topological polar surface area (TPSA) is 64.6 Å². The van der Waals surface area contributed by atoms with Gasteiger partial charge in [0.25, 0.3) is 0 Å². The Kier molecular flexibility index (Phi) is 7.72. The van der Waals surface area contributed by atoms with Crippen LogP contribution in [0, 0.1) is 11.8 Å². The highest BCUT2D eigenvalue weighted by molar-refractivity contribution is 5.74. The smallest absolute Gasteiger partial charge is 0.315 e. The molecule has 1 heterocycles. The fourth-order valence-corrected chi connectivity index (χ4v) is 3.84. The third-order valence-corrected chi connectivity index (χ3v) is 5.17. The van der Waals surface area contributed by atoms with E-state index in [4.69, 9.17) is 5.11 Å². The largest absolute Gasteiger partial charge is 0.396 e. The molecule has 1 aliphatic rings. The number of nitrogens with zero attached hydrogens (tertiary/aromatic N) is 1. The van der Waals surface area contributed by atoms with Crippen LogP contribution in [-0.4, -0.2) is 47.8 Å². The molecule has 1 aromatic carbocycles. The summed E-state index contributed by atoms with van der Waals surface area (Å²) >= 11 is 0. The SMILES string of the molecule is CCC(CCO)NC(=O)NC1C(C)CN(Cc2ccccc2)CC1C. The van der Waals surface area contributed by atoms with Gasteiger partial charge in [0.2, 0.25) is 0 Å².